The van der Waals surface area contributed by atoms with E-state index in [-0.39, 0.29) is 17.5 Å². The number of para-hydroxylation sites is 1. The van der Waals surface area contributed by atoms with Crippen molar-refractivity contribution in [3.05, 3.63) is 59.9 Å². The van der Waals surface area contributed by atoms with Gasteiger partial charge in [-0.2, -0.15) is 0 Å². The van der Waals surface area contributed by atoms with Crippen molar-refractivity contribution in [1.29, 1.82) is 0 Å². The molecule has 0 radical (unpaired) electrons. The molecule has 0 N–H and O–H groups in total. The third-order valence-electron chi connectivity index (χ3n) is 4.79. The van der Waals surface area contributed by atoms with Gasteiger partial charge in [0, 0.05) is 13.1 Å². The maximum atomic E-state index is 14.5. The van der Waals surface area contributed by atoms with E-state index >= 15 is 0 Å². The molecule has 0 atom stereocenters. The highest BCUT2D eigenvalue weighted by Gasteiger charge is 2.22. The zero-order chi connectivity index (χ0) is 20.2. The van der Waals surface area contributed by atoms with E-state index in [0.29, 0.717) is 42.8 Å². The molecule has 0 saturated carbocycles. The van der Waals surface area contributed by atoms with Gasteiger partial charge in [0.2, 0.25) is 5.91 Å². The summed E-state index contributed by atoms with van der Waals surface area (Å²) in [4.78, 5) is 14.3. The molecular weight excluding hydrogens is 391 g/mol. The lowest BCUT2D eigenvalue weighted by atomic mass is 10.1. The average Bonchev–Trinajstić information content (AvgIpc) is 3.16. The van der Waals surface area contributed by atoms with Crippen LogP contribution in [0.15, 0.2) is 53.7 Å². The number of aromatic nitrogens is 3. The molecule has 2 heterocycles. The molecule has 1 amide bonds. The van der Waals surface area contributed by atoms with Crippen molar-refractivity contribution >= 4 is 17.7 Å². The van der Waals surface area contributed by atoms with Crippen LogP contribution in [0.1, 0.15) is 5.56 Å². The summed E-state index contributed by atoms with van der Waals surface area (Å²) in [6, 6.07) is 14.3. The lowest BCUT2D eigenvalue weighted by Crippen LogP contribution is -2.41. The van der Waals surface area contributed by atoms with Gasteiger partial charge in [0.05, 0.1) is 30.2 Å². The van der Waals surface area contributed by atoms with Crippen LogP contribution < -0.4 is 0 Å². The minimum absolute atomic E-state index is 0.0325. The first-order valence-electron chi connectivity index (χ1n) is 9.40. The molecule has 1 aliphatic rings. The quantitative estimate of drug-likeness (QED) is 0.602. The van der Waals surface area contributed by atoms with Crippen LogP contribution >= 0.6 is 11.8 Å². The number of amides is 1. The van der Waals surface area contributed by atoms with E-state index in [1.165, 1.54) is 17.8 Å². The van der Waals surface area contributed by atoms with E-state index in [4.69, 9.17) is 4.74 Å². The van der Waals surface area contributed by atoms with Crippen molar-refractivity contribution in [2.75, 3.05) is 32.1 Å². The van der Waals surface area contributed by atoms with Gasteiger partial charge in [0.1, 0.15) is 5.82 Å². The minimum atomic E-state index is -0.365. The maximum Gasteiger partial charge on any atom is 0.233 e. The number of benzene rings is 2. The summed E-state index contributed by atoms with van der Waals surface area (Å²) in [5.74, 6) is 0.320. The van der Waals surface area contributed by atoms with Gasteiger partial charge in [-0.3, -0.25) is 9.36 Å². The third kappa shape index (κ3) is 4.18. The van der Waals surface area contributed by atoms with Crippen LogP contribution in [0.4, 0.5) is 4.39 Å². The van der Waals surface area contributed by atoms with E-state index in [1.807, 2.05) is 35.8 Å². The molecule has 8 heteroatoms. The number of thioether (sulfide) groups is 1. The summed E-state index contributed by atoms with van der Waals surface area (Å²) in [6.07, 6.45) is 0. The van der Waals surface area contributed by atoms with E-state index in [1.54, 1.807) is 23.1 Å². The Labute approximate surface area is 172 Å². The first kappa shape index (κ1) is 19.6. The summed E-state index contributed by atoms with van der Waals surface area (Å²) in [5.41, 5.74) is 2.23. The zero-order valence-electron chi connectivity index (χ0n) is 16.0. The Bertz CT molecular complexity index is 1020. The fraction of sp³-hybridized carbons (Fsp3) is 0.286. The molecule has 1 saturated heterocycles. The number of carbonyl (C=O) groups is 1. The standard InChI is InChI=1S/C21H21FN4O2S/c1-15-6-2-5-9-18(15)26-20(16-7-3-4-8-17(16)22)23-24-21(26)29-14-19(27)25-10-12-28-13-11-25/h2-9H,10-14H2,1H3. The highest BCUT2D eigenvalue weighted by molar-refractivity contribution is 7.99. The van der Waals surface area contributed by atoms with E-state index in [9.17, 15) is 9.18 Å². The first-order valence-corrected chi connectivity index (χ1v) is 10.4. The fourth-order valence-electron chi connectivity index (χ4n) is 3.24. The minimum Gasteiger partial charge on any atom is -0.378 e. The number of halogens is 1. The van der Waals surface area contributed by atoms with Crippen LogP contribution in [0.25, 0.3) is 17.1 Å². The molecule has 6 nitrogen and oxygen atoms in total. The molecule has 29 heavy (non-hydrogen) atoms. The second-order valence-electron chi connectivity index (χ2n) is 6.69. The summed E-state index contributed by atoms with van der Waals surface area (Å²) in [6.45, 7) is 4.31. The Hall–Kier alpha value is -2.71. The van der Waals surface area contributed by atoms with Crippen LogP contribution in [-0.2, 0) is 9.53 Å². The van der Waals surface area contributed by atoms with Crippen molar-refractivity contribution in [3.63, 3.8) is 0 Å². The number of hydrogen-bond acceptors (Lipinski definition) is 5. The topological polar surface area (TPSA) is 60.2 Å². The molecule has 1 aliphatic heterocycles. The highest BCUT2D eigenvalue weighted by atomic mass is 32.2. The first-order chi connectivity index (χ1) is 14.1. The Morgan fingerprint density at radius 2 is 1.83 bits per heavy atom. The van der Waals surface area contributed by atoms with Gasteiger partial charge in [-0.25, -0.2) is 4.39 Å². The van der Waals surface area contributed by atoms with Crippen molar-refractivity contribution in [3.8, 4) is 17.1 Å². The summed E-state index contributed by atoms with van der Waals surface area (Å²) in [5, 5.41) is 9.10. The molecule has 0 bridgehead atoms. The monoisotopic (exact) mass is 412 g/mol. The summed E-state index contributed by atoms with van der Waals surface area (Å²) in [7, 11) is 0. The van der Waals surface area contributed by atoms with Gasteiger partial charge in [-0.1, -0.05) is 42.1 Å². The van der Waals surface area contributed by atoms with E-state index < -0.39 is 0 Å². The number of nitrogens with zero attached hydrogens (tertiary/aromatic N) is 4. The largest absolute Gasteiger partial charge is 0.378 e. The molecule has 4 rings (SSSR count). The Morgan fingerprint density at radius 3 is 2.59 bits per heavy atom. The number of morpholine rings is 1. The molecule has 3 aromatic rings. The van der Waals surface area contributed by atoms with Gasteiger partial charge in [0.25, 0.3) is 0 Å². The van der Waals surface area contributed by atoms with Crippen LogP contribution in [0, 0.1) is 12.7 Å². The van der Waals surface area contributed by atoms with Crippen molar-refractivity contribution in [1.82, 2.24) is 19.7 Å². The third-order valence-corrected chi connectivity index (χ3v) is 5.71. The molecule has 0 spiro atoms. The van der Waals surface area contributed by atoms with E-state index in [0.717, 1.165) is 11.3 Å². The van der Waals surface area contributed by atoms with Crippen molar-refractivity contribution in [2.24, 2.45) is 0 Å². The average molecular weight is 412 g/mol. The molecule has 1 fully saturated rings. The molecule has 150 valence electrons. The SMILES string of the molecule is Cc1ccccc1-n1c(SCC(=O)N2CCOCC2)nnc1-c1ccccc1F. The lowest BCUT2D eigenvalue weighted by Gasteiger charge is -2.26. The van der Waals surface area contributed by atoms with Crippen LogP contribution in [0.5, 0.6) is 0 Å². The van der Waals surface area contributed by atoms with Crippen molar-refractivity contribution < 1.29 is 13.9 Å². The normalized spacial score (nSPS) is 14.2. The number of carbonyl (C=O) groups excluding carboxylic acids is 1. The van der Waals surface area contributed by atoms with E-state index in [2.05, 4.69) is 10.2 Å². The number of aryl methyl sites for hydroxylation is 1. The molecule has 2 aromatic carbocycles. The van der Waals surface area contributed by atoms with Crippen LogP contribution in [0.3, 0.4) is 0 Å². The smallest absolute Gasteiger partial charge is 0.233 e. The summed E-state index contributed by atoms with van der Waals surface area (Å²) >= 11 is 1.31. The molecular formula is C21H21FN4O2S. The Kier molecular flexibility index (Phi) is 5.92. The highest BCUT2D eigenvalue weighted by Crippen LogP contribution is 2.30. The second kappa shape index (κ2) is 8.75. The van der Waals surface area contributed by atoms with Gasteiger partial charge >= 0.3 is 0 Å². The molecule has 0 unspecified atom stereocenters. The van der Waals surface area contributed by atoms with Crippen LogP contribution in [0.2, 0.25) is 0 Å². The Balaban J connectivity index is 1.68. The summed E-state index contributed by atoms with van der Waals surface area (Å²) < 4.78 is 21.6. The number of hydrogen-bond donors (Lipinski definition) is 0. The van der Waals surface area contributed by atoms with Gasteiger partial charge in [-0.05, 0) is 30.7 Å². The lowest BCUT2D eigenvalue weighted by molar-refractivity contribution is -0.132. The second-order valence-corrected chi connectivity index (χ2v) is 7.63. The Morgan fingerprint density at radius 1 is 1.10 bits per heavy atom. The van der Waals surface area contributed by atoms with Crippen LogP contribution in [-0.4, -0.2) is 57.6 Å². The predicted octanol–water partition coefficient (Wildman–Crippen LogP) is 3.33. The van der Waals surface area contributed by atoms with Gasteiger partial charge < -0.3 is 9.64 Å². The number of ether oxygens (including phenoxy) is 1. The zero-order valence-corrected chi connectivity index (χ0v) is 16.9. The van der Waals surface area contributed by atoms with Crippen molar-refractivity contribution in [2.45, 2.75) is 12.1 Å². The maximum absolute atomic E-state index is 14.5. The van der Waals surface area contributed by atoms with Gasteiger partial charge in [-0.15, -0.1) is 10.2 Å². The predicted molar refractivity (Wildman–Crippen MR) is 110 cm³/mol. The van der Waals surface area contributed by atoms with Gasteiger partial charge in [0.15, 0.2) is 11.0 Å². The fourth-order valence-corrected chi connectivity index (χ4v) is 4.09. The molecule has 0 aliphatic carbocycles. The number of rotatable bonds is 5. The molecule has 1 aromatic heterocycles.